The molecule has 1 aliphatic carbocycles. The van der Waals surface area contributed by atoms with Crippen molar-refractivity contribution in [2.45, 2.75) is 45.6 Å². The number of aromatic nitrogens is 2. The van der Waals surface area contributed by atoms with Crippen molar-refractivity contribution in [1.29, 1.82) is 0 Å². The van der Waals surface area contributed by atoms with Gasteiger partial charge < -0.3 is 9.84 Å². The SMILES string of the molecule is CCc1c(-c2ccccc2)c(-c2ccc(F)c(F)c2)nn1C[C@H]1CC[C@H](COCC(=O)O)CC1. The molecule has 1 saturated carbocycles. The van der Waals surface area contributed by atoms with Crippen molar-refractivity contribution in [1.82, 2.24) is 9.78 Å². The first-order chi connectivity index (χ1) is 16.5. The predicted molar refractivity (Wildman–Crippen MR) is 126 cm³/mol. The van der Waals surface area contributed by atoms with Crippen molar-refractivity contribution in [3.05, 3.63) is 65.9 Å². The molecule has 1 aromatic heterocycles. The van der Waals surface area contributed by atoms with Gasteiger partial charge in [-0.25, -0.2) is 13.6 Å². The monoisotopic (exact) mass is 468 g/mol. The van der Waals surface area contributed by atoms with Crippen molar-refractivity contribution in [3.63, 3.8) is 0 Å². The van der Waals surface area contributed by atoms with Gasteiger partial charge in [-0.1, -0.05) is 37.3 Å². The number of carbonyl (C=O) groups is 1. The molecule has 2 aromatic carbocycles. The minimum atomic E-state index is -0.939. The fourth-order valence-corrected chi connectivity index (χ4v) is 4.90. The van der Waals surface area contributed by atoms with Crippen LogP contribution in [0.2, 0.25) is 0 Å². The number of rotatable bonds is 9. The maximum absolute atomic E-state index is 14.1. The van der Waals surface area contributed by atoms with E-state index >= 15 is 0 Å². The van der Waals surface area contributed by atoms with Crippen LogP contribution in [0, 0.1) is 23.5 Å². The Labute approximate surface area is 198 Å². The Morgan fingerprint density at radius 3 is 2.38 bits per heavy atom. The first-order valence-electron chi connectivity index (χ1n) is 11.9. The molecule has 180 valence electrons. The summed E-state index contributed by atoms with van der Waals surface area (Å²) in [5.74, 6) is -1.86. The highest BCUT2D eigenvalue weighted by molar-refractivity contribution is 5.82. The molecule has 3 aromatic rings. The Hall–Kier alpha value is -3.06. The first kappa shape index (κ1) is 24.1. The van der Waals surface area contributed by atoms with Crippen LogP contribution in [0.5, 0.6) is 0 Å². The summed E-state index contributed by atoms with van der Waals surface area (Å²) in [6.45, 7) is 3.09. The summed E-state index contributed by atoms with van der Waals surface area (Å²) in [4.78, 5) is 10.7. The minimum absolute atomic E-state index is 0.248. The van der Waals surface area contributed by atoms with Crippen LogP contribution in [0.1, 0.15) is 38.3 Å². The third-order valence-electron chi connectivity index (χ3n) is 6.62. The number of benzene rings is 2. The molecule has 0 aliphatic heterocycles. The number of aliphatic carboxylic acids is 1. The number of nitrogens with zero attached hydrogens (tertiary/aromatic N) is 2. The van der Waals surface area contributed by atoms with Gasteiger partial charge in [0.25, 0.3) is 0 Å². The van der Waals surface area contributed by atoms with Gasteiger partial charge in [0.1, 0.15) is 12.3 Å². The molecule has 0 bridgehead atoms. The second-order valence-corrected chi connectivity index (χ2v) is 9.00. The maximum atomic E-state index is 14.1. The molecule has 1 fully saturated rings. The summed E-state index contributed by atoms with van der Waals surface area (Å²) in [6, 6.07) is 13.9. The first-order valence-corrected chi connectivity index (χ1v) is 11.9. The summed E-state index contributed by atoms with van der Waals surface area (Å²) >= 11 is 0. The van der Waals surface area contributed by atoms with Crippen molar-refractivity contribution in [2.75, 3.05) is 13.2 Å². The quantitative estimate of drug-likeness (QED) is 0.421. The zero-order valence-corrected chi connectivity index (χ0v) is 19.3. The zero-order valence-electron chi connectivity index (χ0n) is 19.3. The Bertz CT molecular complexity index is 1120. The van der Waals surface area contributed by atoms with Gasteiger partial charge in [0, 0.05) is 23.4 Å². The third kappa shape index (κ3) is 5.53. The summed E-state index contributed by atoms with van der Waals surface area (Å²) < 4.78 is 35.0. The number of hydrogen-bond acceptors (Lipinski definition) is 3. The van der Waals surface area contributed by atoms with Crippen LogP contribution in [-0.2, 0) is 22.5 Å². The standard InChI is InChI=1S/C27H30F2N2O3/c1-2-24-26(20-6-4-3-5-7-20)27(21-12-13-22(28)23(29)14-21)30-31(24)15-18-8-10-19(11-9-18)16-34-17-25(32)33/h3-7,12-14,18-19H,2,8-11,15-17H2,1H3,(H,32,33)/t18-,19-. The summed E-state index contributed by atoms with van der Waals surface area (Å²) in [6.07, 6.45) is 4.79. The number of halogens is 2. The highest BCUT2D eigenvalue weighted by atomic mass is 19.2. The van der Waals surface area contributed by atoms with Crippen molar-refractivity contribution in [2.24, 2.45) is 11.8 Å². The summed E-state index contributed by atoms with van der Waals surface area (Å²) in [5.41, 5.74) is 4.27. The molecule has 0 amide bonds. The van der Waals surface area contributed by atoms with Gasteiger partial charge in [-0.2, -0.15) is 5.10 Å². The van der Waals surface area contributed by atoms with E-state index in [2.05, 4.69) is 6.92 Å². The van der Waals surface area contributed by atoms with Crippen LogP contribution in [0.15, 0.2) is 48.5 Å². The van der Waals surface area contributed by atoms with E-state index in [1.165, 1.54) is 6.07 Å². The molecular weight excluding hydrogens is 438 g/mol. The van der Waals surface area contributed by atoms with Crippen LogP contribution in [0.25, 0.3) is 22.4 Å². The van der Waals surface area contributed by atoms with E-state index in [9.17, 15) is 13.6 Å². The second-order valence-electron chi connectivity index (χ2n) is 9.00. The van der Waals surface area contributed by atoms with Gasteiger partial charge in [-0.15, -0.1) is 0 Å². The molecule has 0 atom stereocenters. The number of carboxylic acid groups (broad SMARTS) is 1. The average molecular weight is 469 g/mol. The molecule has 1 heterocycles. The Kier molecular flexibility index (Phi) is 7.73. The second kappa shape index (κ2) is 10.9. The molecule has 0 saturated heterocycles. The fourth-order valence-electron chi connectivity index (χ4n) is 4.90. The zero-order chi connectivity index (χ0) is 24.1. The molecule has 0 unspecified atom stereocenters. The summed E-state index contributed by atoms with van der Waals surface area (Å²) in [5, 5.41) is 13.7. The topological polar surface area (TPSA) is 64.4 Å². The molecule has 5 nitrogen and oxygen atoms in total. The lowest BCUT2D eigenvalue weighted by atomic mass is 9.82. The Morgan fingerprint density at radius 1 is 1.03 bits per heavy atom. The molecule has 1 N–H and O–H groups in total. The normalized spacial score (nSPS) is 18.2. The van der Waals surface area contributed by atoms with Gasteiger partial charge in [-0.05, 0) is 67.7 Å². The number of hydrogen-bond donors (Lipinski definition) is 1. The average Bonchev–Trinajstić information content (AvgIpc) is 3.20. The molecular formula is C27H30F2N2O3. The lowest BCUT2D eigenvalue weighted by molar-refractivity contribution is -0.142. The lowest BCUT2D eigenvalue weighted by Gasteiger charge is -2.28. The van der Waals surface area contributed by atoms with Crippen molar-refractivity contribution >= 4 is 5.97 Å². The van der Waals surface area contributed by atoms with Gasteiger partial charge in [0.2, 0.25) is 0 Å². The molecule has 34 heavy (non-hydrogen) atoms. The van der Waals surface area contributed by atoms with E-state index in [-0.39, 0.29) is 6.61 Å². The summed E-state index contributed by atoms with van der Waals surface area (Å²) in [7, 11) is 0. The van der Waals surface area contributed by atoms with E-state index in [0.717, 1.165) is 61.5 Å². The largest absolute Gasteiger partial charge is 0.480 e. The third-order valence-corrected chi connectivity index (χ3v) is 6.62. The smallest absolute Gasteiger partial charge is 0.329 e. The van der Waals surface area contributed by atoms with Crippen LogP contribution in [-0.4, -0.2) is 34.1 Å². The molecule has 1 aliphatic rings. The number of ether oxygens (including phenoxy) is 1. The van der Waals surface area contributed by atoms with Gasteiger partial charge in [-0.3, -0.25) is 4.68 Å². The van der Waals surface area contributed by atoms with Crippen LogP contribution in [0.3, 0.4) is 0 Å². The molecule has 4 rings (SSSR count). The van der Waals surface area contributed by atoms with E-state index in [4.69, 9.17) is 14.9 Å². The van der Waals surface area contributed by atoms with Crippen molar-refractivity contribution in [3.8, 4) is 22.4 Å². The maximum Gasteiger partial charge on any atom is 0.329 e. The Morgan fingerprint density at radius 2 is 1.74 bits per heavy atom. The highest BCUT2D eigenvalue weighted by Gasteiger charge is 2.25. The fraction of sp³-hybridized carbons (Fsp3) is 0.407. The molecule has 7 heteroatoms. The van der Waals surface area contributed by atoms with Crippen LogP contribution >= 0.6 is 0 Å². The van der Waals surface area contributed by atoms with Crippen LogP contribution < -0.4 is 0 Å². The highest BCUT2D eigenvalue weighted by Crippen LogP contribution is 2.37. The van der Waals surface area contributed by atoms with Gasteiger partial charge >= 0.3 is 5.97 Å². The number of carboxylic acids is 1. The van der Waals surface area contributed by atoms with E-state index in [0.29, 0.717) is 29.7 Å². The molecule has 0 radical (unpaired) electrons. The van der Waals surface area contributed by atoms with E-state index in [1.54, 1.807) is 6.07 Å². The van der Waals surface area contributed by atoms with Crippen molar-refractivity contribution < 1.29 is 23.4 Å². The van der Waals surface area contributed by atoms with Crippen LogP contribution in [0.4, 0.5) is 8.78 Å². The minimum Gasteiger partial charge on any atom is -0.480 e. The van der Waals surface area contributed by atoms with E-state index < -0.39 is 17.6 Å². The molecule has 0 spiro atoms. The van der Waals surface area contributed by atoms with E-state index in [1.807, 2.05) is 35.0 Å². The van der Waals surface area contributed by atoms with Gasteiger partial charge in [0.15, 0.2) is 11.6 Å². The van der Waals surface area contributed by atoms with Gasteiger partial charge in [0.05, 0.1) is 6.61 Å². The Balaban J connectivity index is 1.58. The lowest BCUT2D eigenvalue weighted by Crippen LogP contribution is -2.23. The predicted octanol–water partition coefficient (Wildman–Crippen LogP) is 5.97.